The highest BCUT2D eigenvalue weighted by molar-refractivity contribution is 14.1. The fourth-order valence-corrected chi connectivity index (χ4v) is 2.03. The first-order valence-corrected chi connectivity index (χ1v) is 6.93. The molecule has 0 radical (unpaired) electrons. The maximum atomic E-state index is 9.57. The summed E-state index contributed by atoms with van der Waals surface area (Å²) in [5, 5.41) is 9.57. The van der Waals surface area contributed by atoms with Gasteiger partial charge in [-0.15, -0.1) is 0 Å². The minimum Gasteiger partial charge on any atom is -0.393 e. The Kier molecular flexibility index (Phi) is 9.74. The Bertz CT molecular complexity index is 104. The zero-order valence-electron chi connectivity index (χ0n) is 8.93. The molecular weight excluding hydrogens is 275 g/mol. The summed E-state index contributed by atoms with van der Waals surface area (Å²) in [7, 11) is 0. The molecule has 0 spiro atoms. The van der Waals surface area contributed by atoms with E-state index in [9.17, 15) is 5.11 Å². The van der Waals surface area contributed by atoms with Gasteiger partial charge in [-0.25, -0.2) is 0 Å². The molecule has 0 rings (SSSR count). The van der Waals surface area contributed by atoms with Crippen LogP contribution in [0.25, 0.3) is 0 Å². The van der Waals surface area contributed by atoms with E-state index < -0.39 is 0 Å². The van der Waals surface area contributed by atoms with E-state index in [1.54, 1.807) is 0 Å². The van der Waals surface area contributed by atoms with E-state index in [0.717, 1.165) is 12.8 Å². The number of aliphatic hydroxyl groups excluding tert-OH is 1. The SMILES string of the molecule is CC(C)C[C@@H](O)CCCCCCI. The molecule has 13 heavy (non-hydrogen) atoms. The van der Waals surface area contributed by atoms with Crippen molar-refractivity contribution in [2.75, 3.05) is 4.43 Å². The Morgan fingerprint density at radius 2 is 1.69 bits per heavy atom. The summed E-state index contributed by atoms with van der Waals surface area (Å²) in [6, 6.07) is 0. The first-order valence-electron chi connectivity index (χ1n) is 5.40. The Balaban J connectivity index is 3.12. The van der Waals surface area contributed by atoms with E-state index in [4.69, 9.17) is 0 Å². The molecule has 0 amide bonds. The van der Waals surface area contributed by atoms with Crippen LogP contribution in [0.4, 0.5) is 0 Å². The van der Waals surface area contributed by atoms with Crippen molar-refractivity contribution in [1.29, 1.82) is 0 Å². The molecule has 0 fully saturated rings. The molecule has 0 saturated carbocycles. The molecular formula is C11H23IO. The standard InChI is InChI=1S/C11H23IO/c1-10(2)9-11(13)7-5-3-4-6-8-12/h10-11,13H,3-9H2,1-2H3/t11-/m0/s1. The molecule has 0 aromatic rings. The Hall–Kier alpha value is 0.690. The number of rotatable bonds is 8. The highest BCUT2D eigenvalue weighted by atomic mass is 127. The molecule has 1 nitrogen and oxygen atoms in total. The predicted octanol–water partition coefficient (Wildman–Crippen LogP) is 3.78. The maximum Gasteiger partial charge on any atom is 0.0542 e. The van der Waals surface area contributed by atoms with Gasteiger partial charge in [0.25, 0.3) is 0 Å². The molecule has 0 aromatic carbocycles. The van der Waals surface area contributed by atoms with Crippen LogP contribution in [-0.2, 0) is 0 Å². The summed E-state index contributed by atoms with van der Waals surface area (Å²) >= 11 is 2.42. The molecule has 1 atom stereocenters. The summed E-state index contributed by atoms with van der Waals surface area (Å²) in [6.45, 7) is 4.33. The summed E-state index contributed by atoms with van der Waals surface area (Å²) in [5.41, 5.74) is 0. The number of hydrogen-bond donors (Lipinski definition) is 1. The first-order chi connectivity index (χ1) is 6.16. The van der Waals surface area contributed by atoms with Crippen LogP contribution in [0.1, 0.15) is 52.4 Å². The zero-order chi connectivity index (χ0) is 10.1. The van der Waals surface area contributed by atoms with Crippen molar-refractivity contribution in [3.05, 3.63) is 0 Å². The van der Waals surface area contributed by atoms with Crippen molar-refractivity contribution in [2.24, 2.45) is 5.92 Å². The van der Waals surface area contributed by atoms with Gasteiger partial charge in [-0.1, -0.05) is 55.7 Å². The highest BCUT2D eigenvalue weighted by Gasteiger charge is 2.05. The summed E-state index contributed by atoms with van der Waals surface area (Å²) in [4.78, 5) is 0. The average molecular weight is 298 g/mol. The third-order valence-electron chi connectivity index (χ3n) is 2.16. The second-order valence-corrected chi connectivity index (χ2v) is 5.25. The monoisotopic (exact) mass is 298 g/mol. The smallest absolute Gasteiger partial charge is 0.0542 e. The molecule has 80 valence electrons. The third-order valence-corrected chi connectivity index (χ3v) is 2.93. The van der Waals surface area contributed by atoms with E-state index in [2.05, 4.69) is 36.4 Å². The number of hydrogen-bond acceptors (Lipinski definition) is 1. The van der Waals surface area contributed by atoms with E-state index in [-0.39, 0.29) is 6.10 Å². The minimum atomic E-state index is -0.0559. The van der Waals surface area contributed by atoms with E-state index in [1.165, 1.54) is 30.1 Å². The van der Waals surface area contributed by atoms with Gasteiger partial charge in [-0.3, -0.25) is 0 Å². The number of alkyl halides is 1. The van der Waals surface area contributed by atoms with Gasteiger partial charge >= 0.3 is 0 Å². The van der Waals surface area contributed by atoms with E-state index in [0.29, 0.717) is 5.92 Å². The van der Waals surface area contributed by atoms with Gasteiger partial charge in [-0.05, 0) is 29.6 Å². The van der Waals surface area contributed by atoms with Crippen molar-refractivity contribution in [1.82, 2.24) is 0 Å². The van der Waals surface area contributed by atoms with Crippen LogP contribution in [0, 0.1) is 5.92 Å². The van der Waals surface area contributed by atoms with Gasteiger partial charge < -0.3 is 5.11 Å². The minimum absolute atomic E-state index is 0.0559. The van der Waals surface area contributed by atoms with Gasteiger partial charge in [0.15, 0.2) is 0 Å². The largest absolute Gasteiger partial charge is 0.393 e. The Morgan fingerprint density at radius 3 is 2.23 bits per heavy atom. The third kappa shape index (κ3) is 10.6. The fourth-order valence-electron chi connectivity index (χ4n) is 1.49. The molecule has 0 bridgehead atoms. The molecule has 0 aliphatic rings. The van der Waals surface area contributed by atoms with Gasteiger partial charge in [0.05, 0.1) is 6.10 Å². The van der Waals surface area contributed by atoms with Crippen molar-refractivity contribution < 1.29 is 5.11 Å². The summed E-state index contributed by atoms with van der Waals surface area (Å²) in [5.74, 6) is 0.629. The lowest BCUT2D eigenvalue weighted by Gasteiger charge is -2.12. The van der Waals surface area contributed by atoms with Crippen LogP contribution in [0.5, 0.6) is 0 Å². The molecule has 0 aromatic heterocycles. The highest BCUT2D eigenvalue weighted by Crippen LogP contribution is 2.12. The predicted molar refractivity (Wildman–Crippen MR) is 67.4 cm³/mol. The van der Waals surface area contributed by atoms with Gasteiger partial charge in [0, 0.05) is 0 Å². The molecule has 0 aliphatic heterocycles. The second kappa shape index (κ2) is 9.25. The molecule has 0 aliphatic carbocycles. The van der Waals surface area contributed by atoms with E-state index in [1.807, 2.05) is 0 Å². The molecule has 0 heterocycles. The lowest BCUT2D eigenvalue weighted by molar-refractivity contribution is 0.136. The lowest BCUT2D eigenvalue weighted by atomic mass is 10.0. The van der Waals surface area contributed by atoms with Crippen molar-refractivity contribution in [2.45, 2.75) is 58.5 Å². The Morgan fingerprint density at radius 1 is 1.08 bits per heavy atom. The van der Waals surface area contributed by atoms with Gasteiger partial charge in [0.1, 0.15) is 0 Å². The molecule has 0 saturated heterocycles. The molecule has 1 N–H and O–H groups in total. The quantitative estimate of drug-likeness (QED) is 0.411. The van der Waals surface area contributed by atoms with Crippen LogP contribution in [0.15, 0.2) is 0 Å². The topological polar surface area (TPSA) is 20.2 Å². The second-order valence-electron chi connectivity index (χ2n) is 4.18. The number of unbranched alkanes of at least 4 members (excludes halogenated alkanes) is 3. The van der Waals surface area contributed by atoms with Crippen LogP contribution in [0.3, 0.4) is 0 Å². The zero-order valence-corrected chi connectivity index (χ0v) is 11.1. The van der Waals surface area contributed by atoms with Crippen molar-refractivity contribution >= 4 is 22.6 Å². The normalized spacial score (nSPS) is 13.6. The molecule has 2 heteroatoms. The summed E-state index contributed by atoms with van der Waals surface area (Å²) in [6.07, 6.45) is 7.06. The lowest BCUT2D eigenvalue weighted by Crippen LogP contribution is -2.09. The summed E-state index contributed by atoms with van der Waals surface area (Å²) < 4.78 is 1.27. The van der Waals surface area contributed by atoms with Crippen LogP contribution >= 0.6 is 22.6 Å². The van der Waals surface area contributed by atoms with Crippen LogP contribution in [-0.4, -0.2) is 15.6 Å². The van der Waals surface area contributed by atoms with Crippen molar-refractivity contribution in [3.8, 4) is 0 Å². The fraction of sp³-hybridized carbons (Fsp3) is 1.00. The van der Waals surface area contributed by atoms with Crippen molar-refractivity contribution in [3.63, 3.8) is 0 Å². The van der Waals surface area contributed by atoms with Gasteiger partial charge in [0.2, 0.25) is 0 Å². The Labute approximate surface area is 96.4 Å². The van der Waals surface area contributed by atoms with Crippen LogP contribution in [0.2, 0.25) is 0 Å². The number of halogens is 1. The maximum absolute atomic E-state index is 9.57. The molecule has 0 unspecified atom stereocenters. The first kappa shape index (κ1) is 13.7. The van der Waals surface area contributed by atoms with Crippen LogP contribution < -0.4 is 0 Å². The van der Waals surface area contributed by atoms with Gasteiger partial charge in [-0.2, -0.15) is 0 Å². The average Bonchev–Trinajstić information content (AvgIpc) is 2.02. The number of aliphatic hydroxyl groups is 1. The van der Waals surface area contributed by atoms with E-state index >= 15 is 0 Å².